The van der Waals surface area contributed by atoms with Crippen LogP contribution in [0.5, 0.6) is 0 Å². The van der Waals surface area contributed by atoms with Crippen LogP contribution in [0.1, 0.15) is 60.7 Å². The van der Waals surface area contributed by atoms with Crippen molar-refractivity contribution in [1.82, 2.24) is 24.8 Å². The second-order valence-electron chi connectivity index (χ2n) is 11.3. The molecule has 3 heterocycles. The van der Waals surface area contributed by atoms with Gasteiger partial charge in [-0.25, -0.2) is 19.7 Å². The Labute approximate surface area is 242 Å². The van der Waals surface area contributed by atoms with Gasteiger partial charge in [0.1, 0.15) is 18.0 Å². The topological polar surface area (TPSA) is 104 Å². The zero-order valence-electron chi connectivity index (χ0n) is 22.6. The molecule has 2 aromatic carbocycles. The number of hydrogen-bond acceptors (Lipinski definition) is 6. The minimum atomic E-state index is -0.350. The number of rotatable bonds is 8. The first-order valence-corrected chi connectivity index (χ1v) is 14.5. The number of nitrogens with one attached hydrogen (secondary N) is 2. The normalized spacial score (nSPS) is 16.6. The fourth-order valence-corrected chi connectivity index (χ4v) is 5.94. The van der Waals surface area contributed by atoms with E-state index < -0.39 is 0 Å². The Bertz CT molecular complexity index is 1610. The lowest BCUT2D eigenvalue weighted by Crippen LogP contribution is -2.47. The van der Waals surface area contributed by atoms with E-state index in [9.17, 15) is 9.59 Å². The first-order valence-electron chi connectivity index (χ1n) is 13.7. The van der Waals surface area contributed by atoms with Crippen molar-refractivity contribution in [3.8, 4) is 0 Å². The van der Waals surface area contributed by atoms with E-state index in [0.29, 0.717) is 61.5 Å². The van der Waals surface area contributed by atoms with Crippen LogP contribution < -0.4 is 5.32 Å². The average Bonchev–Trinajstić information content (AvgIpc) is 3.50. The molecular weight excluding hydrogens is 549 g/mol. The molecule has 2 amide bonds. The zero-order chi connectivity index (χ0) is 28.0. The molecule has 6 rings (SSSR count). The Morgan fingerprint density at radius 2 is 1.88 bits per heavy atom. The van der Waals surface area contributed by atoms with Crippen LogP contribution in [-0.2, 0) is 4.79 Å². The van der Waals surface area contributed by atoms with E-state index in [1.165, 1.54) is 6.33 Å². The molecule has 2 fully saturated rings. The van der Waals surface area contributed by atoms with Crippen LogP contribution in [0.15, 0.2) is 36.7 Å². The molecule has 9 nitrogen and oxygen atoms in total. The van der Waals surface area contributed by atoms with E-state index >= 15 is 0 Å². The van der Waals surface area contributed by atoms with Crippen LogP contribution in [-0.4, -0.2) is 74.4 Å². The molecular formula is C29H32Cl2N7O2+. The minimum Gasteiger partial charge on any atom is -0.359 e. The molecule has 11 heteroatoms. The molecule has 2 aliphatic rings. The number of anilines is 1. The average molecular weight is 582 g/mol. The molecule has 0 radical (unpaired) electrons. The van der Waals surface area contributed by atoms with Crippen LogP contribution in [0.4, 0.5) is 5.82 Å². The smallest absolute Gasteiger partial charge is 0.313 e. The van der Waals surface area contributed by atoms with Crippen molar-refractivity contribution < 1.29 is 14.1 Å². The summed E-state index contributed by atoms with van der Waals surface area (Å²) in [5.41, 5.74) is 2.65. The largest absolute Gasteiger partial charge is 0.359 e. The van der Waals surface area contributed by atoms with Gasteiger partial charge >= 0.3 is 5.91 Å². The summed E-state index contributed by atoms with van der Waals surface area (Å²) in [5.74, 6) is 1.35. The summed E-state index contributed by atoms with van der Waals surface area (Å²) in [7, 11) is 3.99. The minimum absolute atomic E-state index is 0.0775. The Hall–Kier alpha value is -3.27. The summed E-state index contributed by atoms with van der Waals surface area (Å²) < 4.78 is 0.391. The fourth-order valence-electron chi connectivity index (χ4n) is 5.53. The van der Waals surface area contributed by atoms with Crippen LogP contribution >= 0.6 is 23.2 Å². The highest BCUT2D eigenvalue weighted by atomic mass is 35.5. The number of carbonyl (C=O) groups is 2. The third kappa shape index (κ3) is 5.25. The van der Waals surface area contributed by atoms with Gasteiger partial charge < -0.3 is 15.2 Å². The predicted octanol–water partition coefficient (Wildman–Crippen LogP) is 5.75. The number of benzene rings is 2. The van der Waals surface area contributed by atoms with Gasteiger partial charge in [-0.05, 0) is 49.6 Å². The van der Waals surface area contributed by atoms with Gasteiger partial charge in [-0.3, -0.25) is 9.28 Å². The summed E-state index contributed by atoms with van der Waals surface area (Å²) in [6, 6.07) is 9.05. The van der Waals surface area contributed by atoms with Crippen LogP contribution in [0, 0.1) is 0 Å². The maximum absolute atomic E-state index is 13.2. The number of quaternary nitrogens is 1. The van der Waals surface area contributed by atoms with Crippen molar-refractivity contribution in [1.29, 1.82) is 0 Å². The summed E-state index contributed by atoms with van der Waals surface area (Å²) in [6.07, 6.45) is 6.52. The highest BCUT2D eigenvalue weighted by Gasteiger charge is 2.43. The van der Waals surface area contributed by atoms with Crippen molar-refractivity contribution in [2.75, 3.05) is 32.5 Å². The van der Waals surface area contributed by atoms with Crippen molar-refractivity contribution in [2.45, 2.75) is 50.6 Å². The molecule has 0 spiro atoms. The van der Waals surface area contributed by atoms with Crippen LogP contribution in [0.25, 0.3) is 21.9 Å². The van der Waals surface area contributed by atoms with E-state index in [1.54, 1.807) is 12.1 Å². The molecule has 1 aliphatic heterocycles. The molecule has 2 N–H and O–H groups in total. The number of nitrogens with zero attached hydrogens (tertiary/aromatic N) is 5. The lowest BCUT2D eigenvalue weighted by Gasteiger charge is -2.27. The van der Waals surface area contributed by atoms with Crippen molar-refractivity contribution in [2.24, 2.45) is 0 Å². The van der Waals surface area contributed by atoms with E-state index in [0.717, 1.165) is 49.8 Å². The molecule has 40 heavy (non-hydrogen) atoms. The van der Waals surface area contributed by atoms with Gasteiger partial charge in [0.25, 0.3) is 5.91 Å². The van der Waals surface area contributed by atoms with Gasteiger partial charge in [-0.15, -0.1) is 0 Å². The van der Waals surface area contributed by atoms with E-state index in [-0.39, 0.29) is 17.9 Å². The fraction of sp³-hybridized carbons (Fsp3) is 0.414. The first-order chi connectivity index (χ1) is 19.2. The Kier molecular flexibility index (Phi) is 7.14. The van der Waals surface area contributed by atoms with Crippen molar-refractivity contribution in [3.63, 3.8) is 0 Å². The van der Waals surface area contributed by atoms with Gasteiger partial charge in [0.05, 0.1) is 59.7 Å². The van der Waals surface area contributed by atoms with Gasteiger partial charge in [-0.2, -0.15) is 0 Å². The van der Waals surface area contributed by atoms with Gasteiger partial charge in [0.2, 0.25) is 0 Å². The Morgan fingerprint density at radius 1 is 1.10 bits per heavy atom. The number of hydrogen-bond donors (Lipinski definition) is 2. The molecule has 1 unspecified atom stereocenters. The quantitative estimate of drug-likeness (QED) is 0.257. The lowest BCUT2D eigenvalue weighted by atomic mass is 10.1. The second-order valence-corrected chi connectivity index (χ2v) is 12.1. The molecule has 1 saturated heterocycles. The summed E-state index contributed by atoms with van der Waals surface area (Å²) in [5, 5.41) is 5.15. The SMILES string of the molecule is C[N+](C)(C(=O)CCC(Nc1ncnc2cc(C(=O)N3CCCC3)c(Cl)cc12)c1nc2cc(Cl)ccc2[nH]1)C1CC1. The maximum atomic E-state index is 13.2. The number of halogens is 2. The number of imidazole rings is 1. The number of likely N-dealkylation sites (tertiary alicyclic amines) is 1. The molecule has 1 saturated carbocycles. The lowest BCUT2D eigenvalue weighted by molar-refractivity contribution is -0.825. The summed E-state index contributed by atoms with van der Waals surface area (Å²) in [4.78, 5) is 45.3. The summed E-state index contributed by atoms with van der Waals surface area (Å²) >= 11 is 12.9. The van der Waals surface area contributed by atoms with Gasteiger partial charge in [0.15, 0.2) is 0 Å². The molecule has 1 aliphatic carbocycles. The van der Waals surface area contributed by atoms with E-state index in [1.807, 2.05) is 37.2 Å². The first kappa shape index (κ1) is 26.9. The predicted molar refractivity (Wildman–Crippen MR) is 157 cm³/mol. The number of fused-ring (bicyclic) bond motifs is 2. The number of amides is 2. The van der Waals surface area contributed by atoms with Crippen LogP contribution in [0.2, 0.25) is 10.0 Å². The van der Waals surface area contributed by atoms with Gasteiger partial charge in [-0.1, -0.05) is 23.2 Å². The number of carbonyl (C=O) groups excluding carboxylic acids is 2. The highest BCUT2D eigenvalue weighted by molar-refractivity contribution is 6.35. The monoisotopic (exact) mass is 580 g/mol. The van der Waals surface area contributed by atoms with E-state index in [2.05, 4.69) is 20.3 Å². The van der Waals surface area contributed by atoms with Crippen molar-refractivity contribution >= 4 is 62.8 Å². The summed E-state index contributed by atoms with van der Waals surface area (Å²) in [6.45, 7) is 1.48. The highest BCUT2D eigenvalue weighted by Crippen LogP contribution is 2.34. The molecule has 1 atom stereocenters. The molecule has 208 valence electrons. The number of aromatic amines is 1. The Balaban J connectivity index is 1.32. The second kappa shape index (κ2) is 10.6. The van der Waals surface area contributed by atoms with Crippen LogP contribution in [0.3, 0.4) is 0 Å². The van der Waals surface area contributed by atoms with Crippen molar-refractivity contribution in [3.05, 3.63) is 58.1 Å². The zero-order valence-corrected chi connectivity index (χ0v) is 24.1. The maximum Gasteiger partial charge on any atom is 0.313 e. The standard InChI is InChI=1S/C29H32Cl2N7O2/c1-38(2,18-6-7-18)26(39)10-9-23(28-34-22-8-5-17(30)13-25(22)36-28)35-27-20-14-21(31)19(15-24(20)32-16-33-27)29(40)37-11-3-4-12-37/h5,8,13-16,18,23H,3-4,6-7,9-12H2,1-2H3,(H,34,36)(H,32,33,35)/q+1. The number of H-pyrrole nitrogens is 1. The molecule has 2 aromatic heterocycles. The molecule has 4 aromatic rings. The van der Waals surface area contributed by atoms with E-state index in [4.69, 9.17) is 28.2 Å². The Morgan fingerprint density at radius 3 is 2.62 bits per heavy atom. The molecule has 0 bridgehead atoms. The number of aromatic nitrogens is 4. The van der Waals surface area contributed by atoms with Gasteiger partial charge in [0, 0.05) is 36.3 Å². The third-order valence-corrected chi connectivity index (χ3v) is 8.75. The third-order valence-electron chi connectivity index (χ3n) is 8.20.